The molecule has 0 aliphatic carbocycles. The molecule has 1 aromatic heterocycles. The Balaban J connectivity index is 2.66. The molecule has 0 bridgehead atoms. The molecule has 0 spiro atoms. The first-order chi connectivity index (χ1) is 8.18. The fourth-order valence-electron chi connectivity index (χ4n) is 2.28. The van der Waals surface area contributed by atoms with Gasteiger partial charge in [0.15, 0.2) is 5.43 Å². The molecule has 2 nitrogen and oxygen atoms in total. The zero-order valence-electron chi connectivity index (χ0n) is 9.87. The molecule has 2 heteroatoms. The Bertz CT molecular complexity index is 784. The summed E-state index contributed by atoms with van der Waals surface area (Å²) in [6.07, 6.45) is 0. The number of pyridine rings is 1. The highest BCUT2D eigenvalue weighted by Crippen LogP contribution is 2.19. The predicted octanol–water partition coefficient (Wildman–Crippen LogP) is 3.30. The number of aromatic nitrogens is 1. The molecule has 1 N–H and O–H groups in total. The molecular formula is C15H13NO. The summed E-state index contributed by atoms with van der Waals surface area (Å²) in [4.78, 5) is 15.8. The van der Waals surface area contributed by atoms with Crippen molar-refractivity contribution >= 4 is 21.8 Å². The van der Waals surface area contributed by atoms with E-state index in [9.17, 15) is 4.79 Å². The van der Waals surface area contributed by atoms with Crippen LogP contribution in [0.1, 0.15) is 11.1 Å². The molecule has 1 heterocycles. The molecule has 0 unspecified atom stereocenters. The van der Waals surface area contributed by atoms with Crippen LogP contribution in [0.4, 0.5) is 0 Å². The van der Waals surface area contributed by atoms with E-state index in [4.69, 9.17) is 0 Å². The van der Waals surface area contributed by atoms with Crippen molar-refractivity contribution in [3.8, 4) is 0 Å². The van der Waals surface area contributed by atoms with E-state index in [0.717, 1.165) is 32.9 Å². The Hall–Kier alpha value is -2.09. The third-order valence-electron chi connectivity index (χ3n) is 3.40. The normalized spacial score (nSPS) is 11.2. The summed E-state index contributed by atoms with van der Waals surface area (Å²) in [6, 6.07) is 11.7. The van der Waals surface area contributed by atoms with E-state index in [1.54, 1.807) is 0 Å². The van der Waals surface area contributed by atoms with E-state index in [1.807, 2.05) is 50.2 Å². The lowest BCUT2D eigenvalue weighted by atomic mass is 10.0. The summed E-state index contributed by atoms with van der Waals surface area (Å²) in [5, 5.41) is 1.57. The first kappa shape index (κ1) is 10.1. The standard InChI is InChI=1S/C15H13NO/c1-9-7-8-13-14(10(9)2)15(17)11-5-3-4-6-12(11)16-13/h3-8H,1-2H3,(H,16,17). The third kappa shape index (κ3) is 1.37. The van der Waals surface area contributed by atoms with Crippen molar-refractivity contribution in [2.45, 2.75) is 13.8 Å². The molecule has 2 aromatic carbocycles. The average molecular weight is 223 g/mol. The van der Waals surface area contributed by atoms with Crippen LogP contribution in [0.25, 0.3) is 21.8 Å². The minimum absolute atomic E-state index is 0.121. The Morgan fingerprint density at radius 3 is 2.53 bits per heavy atom. The molecule has 84 valence electrons. The van der Waals surface area contributed by atoms with Crippen LogP contribution < -0.4 is 5.43 Å². The van der Waals surface area contributed by atoms with Gasteiger partial charge >= 0.3 is 0 Å². The molecule has 0 fully saturated rings. The maximum absolute atomic E-state index is 12.4. The molecule has 3 rings (SSSR count). The van der Waals surface area contributed by atoms with E-state index in [0.29, 0.717) is 0 Å². The van der Waals surface area contributed by atoms with Gasteiger partial charge in [0.25, 0.3) is 0 Å². The lowest BCUT2D eigenvalue weighted by molar-refractivity contribution is 1.35. The molecule has 0 atom stereocenters. The number of benzene rings is 2. The quantitative estimate of drug-likeness (QED) is 0.583. The van der Waals surface area contributed by atoms with Crippen LogP contribution in [-0.2, 0) is 0 Å². The second kappa shape index (κ2) is 3.45. The van der Waals surface area contributed by atoms with Gasteiger partial charge in [-0.15, -0.1) is 0 Å². The summed E-state index contributed by atoms with van der Waals surface area (Å²) in [7, 11) is 0. The van der Waals surface area contributed by atoms with Crippen molar-refractivity contribution < 1.29 is 0 Å². The lowest BCUT2D eigenvalue weighted by Crippen LogP contribution is -2.06. The van der Waals surface area contributed by atoms with E-state index in [-0.39, 0.29) is 5.43 Å². The SMILES string of the molecule is Cc1ccc2[nH]c3ccccc3c(=O)c2c1C. The Morgan fingerprint density at radius 2 is 1.71 bits per heavy atom. The van der Waals surface area contributed by atoms with Gasteiger partial charge < -0.3 is 4.98 Å². The second-order valence-electron chi connectivity index (χ2n) is 4.43. The summed E-state index contributed by atoms with van der Waals surface area (Å²) in [5.74, 6) is 0. The topological polar surface area (TPSA) is 32.9 Å². The summed E-state index contributed by atoms with van der Waals surface area (Å²) < 4.78 is 0. The number of H-pyrrole nitrogens is 1. The maximum atomic E-state index is 12.4. The molecule has 0 saturated heterocycles. The first-order valence-electron chi connectivity index (χ1n) is 5.69. The average Bonchev–Trinajstić information content (AvgIpc) is 2.34. The highest BCUT2D eigenvalue weighted by molar-refractivity contribution is 5.94. The second-order valence-corrected chi connectivity index (χ2v) is 4.43. The molecule has 0 aliphatic rings. The van der Waals surface area contributed by atoms with Gasteiger partial charge in [0.1, 0.15) is 0 Å². The number of nitrogens with one attached hydrogen (secondary N) is 1. The van der Waals surface area contributed by atoms with E-state index >= 15 is 0 Å². The largest absolute Gasteiger partial charge is 0.354 e. The number of aryl methyl sites for hydroxylation is 2. The highest BCUT2D eigenvalue weighted by atomic mass is 16.1. The van der Waals surface area contributed by atoms with Crippen molar-refractivity contribution in [3.05, 3.63) is 57.7 Å². The van der Waals surface area contributed by atoms with Crippen LogP contribution >= 0.6 is 0 Å². The van der Waals surface area contributed by atoms with Crippen molar-refractivity contribution in [1.82, 2.24) is 4.98 Å². The highest BCUT2D eigenvalue weighted by Gasteiger charge is 2.08. The van der Waals surface area contributed by atoms with E-state index in [1.165, 1.54) is 0 Å². The smallest absolute Gasteiger partial charge is 0.197 e. The van der Waals surface area contributed by atoms with Gasteiger partial charge in [-0.25, -0.2) is 0 Å². The van der Waals surface area contributed by atoms with Crippen molar-refractivity contribution in [1.29, 1.82) is 0 Å². The van der Waals surface area contributed by atoms with Gasteiger partial charge in [-0.3, -0.25) is 4.79 Å². The van der Waals surface area contributed by atoms with Gasteiger partial charge in [-0.1, -0.05) is 18.2 Å². The molecule has 17 heavy (non-hydrogen) atoms. The zero-order chi connectivity index (χ0) is 12.0. The van der Waals surface area contributed by atoms with Crippen molar-refractivity contribution in [2.24, 2.45) is 0 Å². The summed E-state index contributed by atoms with van der Waals surface area (Å²) in [6.45, 7) is 4.03. The minimum atomic E-state index is 0.121. The van der Waals surface area contributed by atoms with Gasteiger partial charge in [-0.2, -0.15) is 0 Å². The predicted molar refractivity (Wildman–Crippen MR) is 71.5 cm³/mol. The monoisotopic (exact) mass is 223 g/mol. The molecule has 0 aliphatic heterocycles. The van der Waals surface area contributed by atoms with Crippen molar-refractivity contribution in [3.63, 3.8) is 0 Å². The van der Waals surface area contributed by atoms with Gasteiger partial charge in [-0.05, 0) is 43.2 Å². The number of aromatic amines is 1. The van der Waals surface area contributed by atoms with Crippen molar-refractivity contribution in [2.75, 3.05) is 0 Å². The third-order valence-corrected chi connectivity index (χ3v) is 3.40. The fraction of sp³-hybridized carbons (Fsp3) is 0.133. The Kier molecular flexibility index (Phi) is 2.05. The number of para-hydroxylation sites is 1. The summed E-state index contributed by atoms with van der Waals surface area (Å²) in [5.41, 5.74) is 4.15. The summed E-state index contributed by atoms with van der Waals surface area (Å²) >= 11 is 0. The van der Waals surface area contributed by atoms with Crippen LogP contribution in [0.15, 0.2) is 41.2 Å². The van der Waals surface area contributed by atoms with Crippen LogP contribution in [0.3, 0.4) is 0 Å². The Labute approximate surface area is 98.9 Å². The van der Waals surface area contributed by atoms with Gasteiger partial charge in [0.05, 0.1) is 5.52 Å². The van der Waals surface area contributed by atoms with Crippen LogP contribution in [-0.4, -0.2) is 4.98 Å². The van der Waals surface area contributed by atoms with Crippen LogP contribution in [0.5, 0.6) is 0 Å². The minimum Gasteiger partial charge on any atom is -0.354 e. The molecule has 3 aromatic rings. The van der Waals surface area contributed by atoms with Gasteiger partial charge in [0, 0.05) is 16.3 Å². The fourth-order valence-corrected chi connectivity index (χ4v) is 2.28. The number of hydrogen-bond acceptors (Lipinski definition) is 1. The zero-order valence-corrected chi connectivity index (χ0v) is 9.87. The van der Waals surface area contributed by atoms with Crippen LogP contribution in [0, 0.1) is 13.8 Å². The van der Waals surface area contributed by atoms with Crippen LogP contribution in [0.2, 0.25) is 0 Å². The Morgan fingerprint density at radius 1 is 0.941 bits per heavy atom. The maximum Gasteiger partial charge on any atom is 0.197 e. The molecule has 0 radical (unpaired) electrons. The number of fused-ring (bicyclic) bond motifs is 2. The molecule has 0 amide bonds. The molecular weight excluding hydrogens is 210 g/mol. The first-order valence-corrected chi connectivity index (χ1v) is 5.69. The number of hydrogen-bond donors (Lipinski definition) is 1. The lowest BCUT2D eigenvalue weighted by Gasteiger charge is -2.07. The number of rotatable bonds is 0. The molecule has 0 saturated carbocycles. The van der Waals surface area contributed by atoms with E-state index < -0.39 is 0 Å². The van der Waals surface area contributed by atoms with E-state index in [2.05, 4.69) is 4.98 Å². The van der Waals surface area contributed by atoms with Gasteiger partial charge in [0.2, 0.25) is 0 Å².